The van der Waals surface area contributed by atoms with E-state index < -0.39 is 18.4 Å². The number of hydrogen-bond donors (Lipinski definition) is 0. The van der Waals surface area contributed by atoms with Gasteiger partial charge in [-0.3, -0.25) is 9.69 Å². The maximum Gasteiger partial charge on any atom is 0.395 e. The van der Waals surface area contributed by atoms with Crippen molar-refractivity contribution in [1.29, 1.82) is 0 Å². The van der Waals surface area contributed by atoms with Crippen molar-refractivity contribution in [3.63, 3.8) is 0 Å². The van der Waals surface area contributed by atoms with Gasteiger partial charge in [-0.2, -0.15) is 13.2 Å². The van der Waals surface area contributed by atoms with Crippen molar-refractivity contribution >= 4 is 5.78 Å². The molecule has 1 heterocycles. The standard InChI is InChI=1S/C8H12F3NO2/c9-8(10,11)5-7(13)6-12-1-3-14-4-2-12/h1-6H2. The second-order valence-electron chi connectivity index (χ2n) is 3.22. The molecule has 1 aliphatic heterocycles. The summed E-state index contributed by atoms with van der Waals surface area (Å²) in [7, 11) is 0. The fourth-order valence-electron chi connectivity index (χ4n) is 1.29. The zero-order valence-electron chi connectivity index (χ0n) is 7.64. The molecule has 1 fully saturated rings. The lowest BCUT2D eigenvalue weighted by molar-refractivity contribution is -0.153. The van der Waals surface area contributed by atoms with Crippen LogP contribution in [0.25, 0.3) is 0 Å². The number of ether oxygens (including phenoxy) is 1. The third-order valence-corrected chi connectivity index (χ3v) is 1.90. The minimum Gasteiger partial charge on any atom is -0.379 e. The van der Waals surface area contributed by atoms with Crippen LogP contribution in [0, 0.1) is 0 Å². The van der Waals surface area contributed by atoms with E-state index in [-0.39, 0.29) is 6.54 Å². The van der Waals surface area contributed by atoms with Gasteiger partial charge in [-0.25, -0.2) is 0 Å². The van der Waals surface area contributed by atoms with Crippen molar-refractivity contribution in [3.05, 3.63) is 0 Å². The number of ketones is 1. The van der Waals surface area contributed by atoms with E-state index in [0.29, 0.717) is 26.3 Å². The van der Waals surface area contributed by atoms with Gasteiger partial charge in [-0.15, -0.1) is 0 Å². The number of carbonyl (C=O) groups is 1. The second-order valence-corrected chi connectivity index (χ2v) is 3.22. The summed E-state index contributed by atoms with van der Waals surface area (Å²) in [6, 6.07) is 0. The Morgan fingerprint density at radius 3 is 2.36 bits per heavy atom. The number of carbonyl (C=O) groups excluding carboxylic acids is 1. The summed E-state index contributed by atoms with van der Waals surface area (Å²) >= 11 is 0. The van der Waals surface area contributed by atoms with E-state index in [9.17, 15) is 18.0 Å². The van der Waals surface area contributed by atoms with E-state index in [0.717, 1.165) is 0 Å². The predicted octanol–water partition coefficient (Wildman–Crippen LogP) is 0.840. The van der Waals surface area contributed by atoms with Crippen LogP contribution in [-0.4, -0.2) is 49.7 Å². The van der Waals surface area contributed by atoms with Gasteiger partial charge in [0.05, 0.1) is 19.8 Å². The van der Waals surface area contributed by atoms with Gasteiger partial charge < -0.3 is 4.74 Å². The molecule has 0 spiro atoms. The lowest BCUT2D eigenvalue weighted by atomic mass is 10.2. The summed E-state index contributed by atoms with van der Waals surface area (Å²) in [5.74, 6) is -0.778. The molecular weight excluding hydrogens is 199 g/mol. The summed E-state index contributed by atoms with van der Waals surface area (Å²) < 4.78 is 40.4. The van der Waals surface area contributed by atoms with Gasteiger partial charge in [-0.1, -0.05) is 0 Å². The second kappa shape index (κ2) is 4.75. The number of halogens is 3. The molecule has 3 nitrogen and oxygen atoms in total. The Morgan fingerprint density at radius 2 is 1.86 bits per heavy atom. The lowest BCUT2D eigenvalue weighted by Gasteiger charge is -2.25. The molecule has 1 aliphatic rings. The maximum atomic E-state index is 11.8. The number of hydrogen-bond acceptors (Lipinski definition) is 3. The molecule has 0 aromatic heterocycles. The highest BCUT2D eigenvalue weighted by molar-refractivity contribution is 5.81. The van der Waals surface area contributed by atoms with Gasteiger partial charge in [0, 0.05) is 13.1 Å². The summed E-state index contributed by atoms with van der Waals surface area (Å²) in [6.07, 6.45) is -5.71. The third kappa shape index (κ3) is 4.57. The van der Waals surface area contributed by atoms with Crippen LogP contribution >= 0.6 is 0 Å². The first-order valence-corrected chi connectivity index (χ1v) is 4.36. The van der Waals surface area contributed by atoms with Crippen molar-refractivity contribution in [2.75, 3.05) is 32.8 Å². The lowest BCUT2D eigenvalue weighted by Crippen LogP contribution is -2.40. The number of Topliss-reactive ketones (excluding diaryl/α,β-unsaturated/α-hetero) is 1. The molecule has 0 bridgehead atoms. The van der Waals surface area contributed by atoms with E-state index in [1.165, 1.54) is 0 Å². The molecule has 0 unspecified atom stereocenters. The fourth-order valence-corrected chi connectivity index (χ4v) is 1.29. The van der Waals surface area contributed by atoms with Crippen LogP contribution in [-0.2, 0) is 9.53 Å². The summed E-state index contributed by atoms with van der Waals surface area (Å²) in [5.41, 5.74) is 0. The molecule has 0 N–H and O–H groups in total. The zero-order valence-corrected chi connectivity index (χ0v) is 7.64. The van der Waals surface area contributed by atoms with Crippen LogP contribution in [0.2, 0.25) is 0 Å². The molecule has 6 heteroatoms. The monoisotopic (exact) mass is 211 g/mol. The van der Waals surface area contributed by atoms with Gasteiger partial charge in [0.2, 0.25) is 0 Å². The molecule has 0 amide bonds. The number of alkyl halides is 3. The Kier molecular flexibility index (Phi) is 3.88. The fraction of sp³-hybridized carbons (Fsp3) is 0.875. The number of morpholine rings is 1. The van der Waals surface area contributed by atoms with Crippen LogP contribution in [0.5, 0.6) is 0 Å². The van der Waals surface area contributed by atoms with Crippen LogP contribution in [0.3, 0.4) is 0 Å². The van der Waals surface area contributed by atoms with Crippen molar-refractivity contribution in [2.24, 2.45) is 0 Å². The highest BCUT2D eigenvalue weighted by Gasteiger charge is 2.31. The molecule has 0 atom stereocenters. The van der Waals surface area contributed by atoms with E-state index in [4.69, 9.17) is 4.74 Å². The molecule has 0 radical (unpaired) electrons. The first kappa shape index (κ1) is 11.5. The Balaban J connectivity index is 2.25. The minimum atomic E-state index is -4.39. The summed E-state index contributed by atoms with van der Waals surface area (Å²) in [6.45, 7) is 1.91. The van der Waals surface area contributed by atoms with E-state index in [1.807, 2.05) is 0 Å². The highest BCUT2D eigenvalue weighted by Crippen LogP contribution is 2.19. The van der Waals surface area contributed by atoms with Crippen LogP contribution in [0.4, 0.5) is 13.2 Å². The van der Waals surface area contributed by atoms with Crippen LogP contribution < -0.4 is 0 Å². The number of nitrogens with zero attached hydrogens (tertiary/aromatic N) is 1. The minimum absolute atomic E-state index is 0.122. The Hall–Kier alpha value is -0.620. The van der Waals surface area contributed by atoms with Crippen molar-refractivity contribution in [3.8, 4) is 0 Å². The highest BCUT2D eigenvalue weighted by atomic mass is 19.4. The van der Waals surface area contributed by atoms with Crippen LogP contribution in [0.1, 0.15) is 6.42 Å². The maximum absolute atomic E-state index is 11.8. The van der Waals surface area contributed by atoms with Crippen molar-refractivity contribution in [2.45, 2.75) is 12.6 Å². The largest absolute Gasteiger partial charge is 0.395 e. The third-order valence-electron chi connectivity index (χ3n) is 1.90. The summed E-state index contributed by atoms with van der Waals surface area (Å²) in [4.78, 5) is 12.6. The Bertz CT molecular complexity index is 199. The normalized spacial score (nSPS) is 19.6. The zero-order chi connectivity index (χ0) is 10.6. The van der Waals surface area contributed by atoms with Crippen LogP contribution in [0.15, 0.2) is 0 Å². The number of rotatable bonds is 3. The van der Waals surface area contributed by atoms with Gasteiger partial charge in [-0.05, 0) is 0 Å². The molecular formula is C8H12F3NO2. The van der Waals surface area contributed by atoms with E-state index in [2.05, 4.69) is 0 Å². The van der Waals surface area contributed by atoms with E-state index in [1.54, 1.807) is 4.90 Å². The topological polar surface area (TPSA) is 29.5 Å². The molecule has 14 heavy (non-hydrogen) atoms. The molecule has 82 valence electrons. The Labute approximate surface area is 79.8 Å². The van der Waals surface area contributed by atoms with E-state index >= 15 is 0 Å². The average molecular weight is 211 g/mol. The smallest absolute Gasteiger partial charge is 0.379 e. The quantitative estimate of drug-likeness (QED) is 0.692. The van der Waals surface area contributed by atoms with Gasteiger partial charge in [0.25, 0.3) is 0 Å². The first-order valence-electron chi connectivity index (χ1n) is 4.36. The average Bonchev–Trinajstić information content (AvgIpc) is 2.02. The Morgan fingerprint density at radius 1 is 1.29 bits per heavy atom. The van der Waals surface area contributed by atoms with Gasteiger partial charge >= 0.3 is 6.18 Å². The SMILES string of the molecule is O=C(CN1CCOCC1)CC(F)(F)F. The molecule has 0 saturated carbocycles. The van der Waals surface area contributed by atoms with Gasteiger partial charge in [0.15, 0.2) is 5.78 Å². The van der Waals surface area contributed by atoms with Gasteiger partial charge in [0.1, 0.15) is 6.42 Å². The molecule has 0 aliphatic carbocycles. The van der Waals surface area contributed by atoms with Crippen molar-refractivity contribution < 1.29 is 22.7 Å². The molecule has 1 rings (SSSR count). The molecule has 0 aromatic carbocycles. The molecule has 0 aromatic rings. The summed E-state index contributed by atoms with van der Waals surface area (Å²) in [5, 5.41) is 0. The van der Waals surface area contributed by atoms with Crippen molar-refractivity contribution in [1.82, 2.24) is 4.90 Å². The molecule has 1 saturated heterocycles. The first-order chi connectivity index (χ1) is 6.47. The predicted molar refractivity (Wildman–Crippen MR) is 42.9 cm³/mol.